The van der Waals surface area contributed by atoms with E-state index in [9.17, 15) is 14.5 Å². The molecule has 5 nitrogen and oxygen atoms in total. The molecule has 0 aliphatic heterocycles. The summed E-state index contributed by atoms with van der Waals surface area (Å²) in [6.07, 6.45) is 0. The molecule has 1 N–H and O–H groups in total. The van der Waals surface area contributed by atoms with Crippen LogP contribution in [0.3, 0.4) is 0 Å². The first-order valence-corrected chi connectivity index (χ1v) is 6.20. The summed E-state index contributed by atoms with van der Waals surface area (Å²) < 4.78 is 14.1. The van der Waals surface area contributed by atoms with Crippen molar-refractivity contribution in [1.29, 1.82) is 5.26 Å². The molecule has 0 fully saturated rings. The predicted octanol–water partition coefficient (Wildman–Crippen LogP) is 4.11. The van der Waals surface area contributed by atoms with Crippen LogP contribution in [0.1, 0.15) is 5.56 Å². The lowest BCUT2D eigenvalue weighted by Gasteiger charge is -2.09. The van der Waals surface area contributed by atoms with Crippen LogP contribution in [0.25, 0.3) is 0 Å². The van der Waals surface area contributed by atoms with Gasteiger partial charge in [0, 0.05) is 16.2 Å². The van der Waals surface area contributed by atoms with Crippen molar-refractivity contribution in [2.45, 2.75) is 0 Å². The first kappa shape index (κ1) is 14.0. The van der Waals surface area contributed by atoms with E-state index in [-0.39, 0.29) is 11.4 Å². The van der Waals surface area contributed by atoms with Crippen LogP contribution in [0, 0.1) is 27.3 Å². The Bertz CT molecular complexity index is 728. The summed E-state index contributed by atoms with van der Waals surface area (Å²) in [5.74, 6) is -0.727. The molecule has 0 bridgehead atoms. The SMILES string of the molecule is N#Cc1ccc(Br)cc1Nc1cc(F)cc([N+](=O)[O-])c1. The number of benzene rings is 2. The maximum atomic E-state index is 13.3. The van der Waals surface area contributed by atoms with Crippen molar-refractivity contribution in [2.24, 2.45) is 0 Å². The van der Waals surface area contributed by atoms with Gasteiger partial charge in [-0.2, -0.15) is 5.26 Å². The molecule has 7 heteroatoms. The van der Waals surface area contributed by atoms with Gasteiger partial charge in [0.25, 0.3) is 5.69 Å². The zero-order chi connectivity index (χ0) is 14.7. The van der Waals surface area contributed by atoms with Crippen LogP contribution in [-0.4, -0.2) is 4.92 Å². The summed E-state index contributed by atoms with van der Waals surface area (Å²) in [6, 6.07) is 10.0. The summed E-state index contributed by atoms with van der Waals surface area (Å²) >= 11 is 3.26. The third-order valence-corrected chi connectivity index (χ3v) is 2.97. The first-order valence-electron chi connectivity index (χ1n) is 5.41. The molecule has 2 rings (SSSR count). The molecule has 0 radical (unpaired) electrons. The van der Waals surface area contributed by atoms with Crippen LogP contribution in [0.2, 0.25) is 0 Å². The zero-order valence-electron chi connectivity index (χ0n) is 9.93. The monoisotopic (exact) mass is 335 g/mol. The maximum Gasteiger partial charge on any atom is 0.274 e. The van der Waals surface area contributed by atoms with Gasteiger partial charge in [-0.25, -0.2) is 4.39 Å². The van der Waals surface area contributed by atoms with Crippen molar-refractivity contribution in [3.63, 3.8) is 0 Å². The average molecular weight is 336 g/mol. The Hall–Kier alpha value is -2.46. The molecule has 0 saturated heterocycles. The highest BCUT2D eigenvalue weighted by atomic mass is 79.9. The van der Waals surface area contributed by atoms with Crippen molar-refractivity contribution in [2.75, 3.05) is 5.32 Å². The molecule has 0 amide bonds. The van der Waals surface area contributed by atoms with Crippen molar-refractivity contribution >= 4 is 33.0 Å². The van der Waals surface area contributed by atoms with Gasteiger partial charge in [0.2, 0.25) is 0 Å². The van der Waals surface area contributed by atoms with Gasteiger partial charge in [-0.05, 0) is 24.3 Å². The Kier molecular flexibility index (Phi) is 3.96. The number of nitrogens with one attached hydrogen (secondary N) is 1. The van der Waals surface area contributed by atoms with Gasteiger partial charge in [-0.15, -0.1) is 0 Å². The van der Waals surface area contributed by atoms with Crippen molar-refractivity contribution in [3.05, 3.63) is 62.4 Å². The average Bonchev–Trinajstić information content (AvgIpc) is 2.38. The molecule has 100 valence electrons. The fourth-order valence-electron chi connectivity index (χ4n) is 1.62. The minimum atomic E-state index is -0.727. The van der Waals surface area contributed by atoms with Crippen LogP contribution >= 0.6 is 15.9 Å². The largest absolute Gasteiger partial charge is 0.354 e. The Morgan fingerprint density at radius 1 is 1.30 bits per heavy atom. The fraction of sp³-hybridized carbons (Fsp3) is 0. The number of nitro groups is 1. The quantitative estimate of drug-likeness (QED) is 0.676. The zero-order valence-corrected chi connectivity index (χ0v) is 11.5. The Morgan fingerprint density at radius 3 is 2.70 bits per heavy atom. The number of non-ortho nitro benzene ring substituents is 1. The smallest absolute Gasteiger partial charge is 0.274 e. The minimum absolute atomic E-state index is 0.200. The molecule has 2 aromatic carbocycles. The van der Waals surface area contributed by atoms with E-state index in [1.54, 1.807) is 18.2 Å². The molecular formula is C13H7BrFN3O2. The van der Waals surface area contributed by atoms with Gasteiger partial charge >= 0.3 is 0 Å². The highest BCUT2D eigenvalue weighted by Gasteiger charge is 2.11. The van der Waals surface area contributed by atoms with Crippen LogP contribution in [0.15, 0.2) is 40.9 Å². The van der Waals surface area contributed by atoms with Gasteiger partial charge in [0.15, 0.2) is 0 Å². The molecule has 0 heterocycles. The topological polar surface area (TPSA) is 79.0 Å². The molecule has 0 aliphatic carbocycles. The summed E-state index contributed by atoms with van der Waals surface area (Å²) in [5.41, 5.74) is 0.620. The standard InChI is InChI=1S/C13H7BrFN3O2/c14-9-2-1-8(7-16)13(3-9)17-11-4-10(15)5-12(6-11)18(19)20/h1-6,17H. The predicted molar refractivity (Wildman–Crippen MR) is 75.2 cm³/mol. The molecule has 0 aliphatic rings. The van der Waals surface area contributed by atoms with Gasteiger partial charge in [-0.1, -0.05) is 15.9 Å². The van der Waals surface area contributed by atoms with E-state index in [0.717, 1.165) is 16.6 Å². The molecule has 0 atom stereocenters. The van der Waals surface area contributed by atoms with Gasteiger partial charge in [0.05, 0.1) is 22.2 Å². The summed E-state index contributed by atoms with van der Waals surface area (Å²) in [6.45, 7) is 0. The lowest BCUT2D eigenvalue weighted by atomic mass is 10.2. The third kappa shape index (κ3) is 3.10. The molecule has 0 unspecified atom stereocenters. The summed E-state index contributed by atoms with van der Waals surface area (Å²) in [7, 11) is 0. The van der Waals surface area contributed by atoms with Crippen LogP contribution in [0.4, 0.5) is 21.5 Å². The summed E-state index contributed by atoms with van der Waals surface area (Å²) in [4.78, 5) is 10.0. The van der Waals surface area contributed by atoms with Crippen LogP contribution in [-0.2, 0) is 0 Å². The molecule has 20 heavy (non-hydrogen) atoms. The Balaban J connectivity index is 2.42. The van der Waals surface area contributed by atoms with E-state index >= 15 is 0 Å². The summed E-state index contributed by atoms with van der Waals surface area (Å²) in [5, 5.41) is 22.5. The van der Waals surface area contributed by atoms with Crippen molar-refractivity contribution in [3.8, 4) is 6.07 Å². The second-order valence-electron chi connectivity index (χ2n) is 3.88. The molecule has 0 saturated carbocycles. The first-order chi connectivity index (χ1) is 9.49. The number of nitro benzene ring substituents is 1. The van der Waals surface area contributed by atoms with Gasteiger partial charge < -0.3 is 5.32 Å². The van der Waals surface area contributed by atoms with Crippen LogP contribution < -0.4 is 5.32 Å². The van der Waals surface area contributed by atoms with Crippen molar-refractivity contribution in [1.82, 2.24) is 0 Å². The third-order valence-electron chi connectivity index (χ3n) is 2.47. The molecule has 0 spiro atoms. The number of anilines is 2. The number of nitriles is 1. The fourth-order valence-corrected chi connectivity index (χ4v) is 1.99. The number of hydrogen-bond acceptors (Lipinski definition) is 4. The molecule has 0 aromatic heterocycles. The lowest BCUT2D eigenvalue weighted by molar-refractivity contribution is -0.385. The minimum Gasteiger partial charge on any atom is -0.354 e. The molecular weight excluding hydrogens is 329 g/mol. The van der Waals surface area contributed by atoms with E-state index in [4.69, 9.17) is 5.26 Å². The van der Waals surface area contributed by atoms with E-state index in [1.807, 2.05) is 6.07 Å². The Labute approximate surface area is 121 Å². The van der Waals surface area contributed by atoms with Crippen molar-refractivity contribution < 1.29 is 9.31 Å². The number of nitrogens with zero attached hydrogens (tertiary/aromatic N) is 2. The van der Waals surface area contributed by atoms with Gasteiger partial charge in [0.1, 0.15) is 11.9 Å². The Morgan fingerprint density at radius 2 is 2.05 bits per heavy atom. The van der Waals surface area contributed by atoms with Gasteiger partial charge in [-0.3, -0.25) is 10.1 Å². The van der Waals surface area contributed by atoms with Crippen LogP contribution in [0.5, 0.6) is 0 Å². The highest BCUT2D eigenvalue weighted by Crippen LogP contribution is 2.27. The second kappa shape index (κ2) is 5.67. The van der Waals surface area contributed by atoms with E-state index < -0.39 is 10.7 Å². The molecule has 2 aromatic rings. The highest BCUT2D eigenvalue weighted by molar-refractivity contribution is 9.10. The van der Waals surface area contributed by atoms with E-state index in [0.29, 0.717) is 11.3 Å². The normalized spacial score (nSPS) is 9.85. The number of rotatable bonds is 3. The van der Waals surface area contributed by atoms with E-state index in [2.05, 4.69) is 21.2 Å². The van der Waals surface area contributed by atoms with E-state index in [1.165, 1.54) is 6.07 Å². The number of hydrogen-bond donors (Lipinski definition) is 1. The number of halogens is 2. The lowest BCUT2D eigenvalue weighted by Crippen LogP contribution is -1.96. The second-order valence-corrected chi connectivity index (χ2v) is 4.80. The maximum absolute atomic E-state index is 13.3.